The molecule has 6 nitrogen and oxygen atoms in total. The molecule has 0 atom stereocenters. The zero-order chi connectivity index (χ0) is 15.4. The Labute approximate surface area is 121 Å². The number of aliphatic hydroxyl groups is 1. The number of hydrogen-bond donors (Lipinski definition) is 1. The van der Waals surface area contributed by atoms with E-state index >= 15 is 0 Å². The summed E-state index contributed by atoms with van der Waals surface area (Å²) in [6.07, 6.45) is 0. The van der Waals surface area contributed by atoms with Crippen molar-refractivity contribution in [2.75, 3.05) is 0 Å². The van der Waals surface area contributed by atoms with Gasteiger partial charge >= 0.3 is 0 Å². The summed E-state index contributed by atoms with van der Waals surface area (Å²) in [5.41, 5.74) is 1.19. The Balaban J connectivity index is 2.42. The molecule has 0 bridgehead atoms. The quantitative estimate of drug-likeness (QED) is 0.687. The van der Waals surface area contributed by atoms with Crippen molar-refractivity contribution in [1.82, 2.24) is 0 Å². The van der Waals surface area contributed by atoms with Crippen molar-refractivity contribution in [2.24, 2.45) is 0 Å². The van der Waals surface area contributed by atoms with Gasteiger partial charge in [-0.3, -0.25) is 10.1 Å². The van der Waals surface area contributed by atoms with Crippen LogP contribution in [-0.4, -0.2) is 10.0 Å². The van der Waals surface area contributed by atoms with E-state index in [4.69, 9.17) is 15.1 Å². The fraction of sp³-hybridized carbons (Fsp3) is 0.133. The Morgan fingerprint density at radius 1 is 1.33 bits per heavy atom. The number of aliphatic hydroxyl groups excluding tert-OH is 1. The molecule has 2 rings (SSSR count). The van der Waals surface area contributed by atoms with Crippen LogP contribution in [0.15, 0.2) is 36.4 Å². The minimum Gasteiger partial charge on any atom is -0.455 e. The highest BCUT2D eigenvalue weighted by atomic mass is 16.6. The van der Waals surface area contributed by atoms with Crippen molar-refractivity contribution in [3.63, 3.8) is 0 Å². The molecule has 21 heavy (non-hydrogen) atoms. The predicted octanol–water partition coefficient (Wildman–Crippen LogP) is 3.06. The molecule has 0 aromatic heterocycles. The average Bonchev–Trinajstić information content (AvgIpc) is 2.49. The Kier molecular flexibility index (Phi) is 4.16. The zero-order valence-corrected chi connectivity index (χ0v) is 11.2. The zero-order valence-electron chi connectivity index (χ0n) is 11.2. The SMILES string of the molecule is Cc1c(Oc2ccc(CO)cc2C#N)cccc1[N+](=O)[O-]. The van der Waals surface area contributed by atoms with Crippen molar-refractivity contribution in [1.29, 1.82) is 5.26 Å². The molecule has 0 unspecified atom stereocenters. The van der Waals surface area contributed by atoms with E-state index in [0.717, 1.165) is 0 Å². The number of ether oxygens (including phenoxy) is 1. The number of hydrogen-bond acceptors (Lipinski definition) is 5. The molecule has 0 radical (unpaired) electrons. The van der Waals surface area contributed by atoms with Crippen LogP contribution in [0.5, 0.6) is 11.5 Å². The minimum atomic E-state index is -0.484. The molecule has 0 aliphatic rings. The van der Waals surface area contributed by atoms with Crippen molar-refractivity contribution < 1.29 is 14.8 Å². The van der Waals surface area contributed by atoms with Gasteiger partial charge in [0.2, 0.25) is 0 Å². The van der Waals surface area contributed by atoms with Gasteiger partial charge in [0.05, 0.1) is 22.7 Å². The molecule has 0 spiro atoms. The minimum absolute atomic E-state index is 0.0435. The summed E-state index contributed by atoms with van der Waals surface area (Å²) in [7, 11) is 0. The van der Waals surface area contributed by atoms with Gasteiger partial charge in [0, 0.05) is 6.07 Å². The number of nitro benzene ring substituents is 1. The topological polar surface area (TPSA) is 96.4 Å². The summed E-state index contributed by atoms with van der Waals surface area (Å²) in [5.74, 6) is 0.607. The maximum absolute atomic E-state index is 10.9. The van der Waals surface area contributed by atoms with Crippen molar-refractivity contribution in [2.45, 2.75) is 13.5 Å². The highest BCUT2D eigenvalue weighted by Gasteiger charge is 2.15. The molecule has 0 aliphatic heterocycles. The Bertz CT molecular complexity index is 735. The number of benzene rings is 2. The number of nitriles is 1. The molecule has 0 aliphatic carbocycles. The fourth-order valence-corrected chi connectivity index (χ4v) is 1.88. The average molecular weight is 284 g/mol. The van der Waals surface area contributed by atoms with Crippen LogP contribution in [0.1, 0.15) is 16.7 Å². The van der Waals surface area contributed by atoms with Crippen LogP contribution in [0, 0.1) is 28.4 Å². The molecule has 0 saturated heterocycles. The lowest BCUT2D eigenvalue weighted by Crippen LogP contribution is -1.96. The Morgan fingerprint density at radius 3 is 2.71 bits per heavy atom. The lowest BCUT2D eigenvalue weighted by atomic mass is 10.1. The number of nitrogens with zero attached hydrogens (tertiary/aromatic N) is 2. The summed E-state index contributed by atoms with van der Waals surface area (Å²) < 4.78 is 5.61. The van der Waals surface area contributed by atoms with E-state index in [1.54, 1.807) is 25.1 Å². The number of rotatable bonds is 4. The van der Waals surface area contributed by atoms with Gasteiger partial charge in [0.25, 0.3) is 5.69 Å². The van der Waals surface area contributed by atoms with E-state index in [2.05, 4.69) is 0 Å². The van der Waals surface area contributed by atoms with Crippen LogP contribution < -0.4 is 4.74 Å². The van der Waals surface area contributed by atoms with Gasteiger partial charge in [-0.1, -0.05) is 12.1 Å². The van der Waals surface area contributed by atoms with Crippen LogP contribution in [0.2, 0.25) is 0 Å². The van der Waals surface area contributed by atoms with E-state index in [1.807, 2.05) is 6.07 Å². The molecular weight excluding hydrogens is 272 g/mol. The summed E-state index contributed by atoms with van der Waals surface area (Å²) in [6.45, 7) is 1.41. The molecule has 0 fully saturated rings. The smallest absolute Gasteiger partial charge is 0.276 e. The highest BCUT2D eigenvalue weighted by molar-refractivity contribution is 5.52. The van der Waals surface area contributed by atoms with Gasteiger partial charge in [-0.2, -0.15) is 5.26 Å². The fourth-order valence-electron chi connectivity index (χ4n) is 1.88. The van der Waals surface area contributed by atoms with Crippen molar-refractivity contribution >= 4 is 5.69 Å². The first-order valence-corrected chi connectivity index (χ1v) is 6.12. The third-order valence-corrected chi connectivity index (χ3v) is 3.02. The van der Waals surface area contributed by atoms with Gasteiger partial charge in [0.15, 0.2) is 0 Å². The second kappa shape index (κ2) is 6.03. The number of nitro groups is 1. The van der Waals surface area contributed by atoms with Crippen molar-refractivity contribution in [3.05, 3.63) is 63.2 Å². The maximum atomic E-state index is 10.9. The van der Waals surface area contributed by atoms with Crippen LogP contribution in [0.3, 0.4) is 0 Å². The van der Waals surface area contributed by atoms with Crippen LogP contribution >= 0.6 is 0 Å². The first-order chi connectivity index (χ1) is 10.1. The molecule has 0 amide bonds. The third kappa shape index (κ3) is 2.99. The molecule has 2 aromatic rings. The summed E-state index contributed by atoms with van der Waals surface area (Å²) in [4.78, 5) is 10.4. The molecule has 6 heteroatoms. The standard InChI is InChI=1S/C15H12N2O4/c1-10-13(17(19)20)3-2-4-14(10)21-15-6-5-11(9-18)7-12(15)8-16/h2-7,18H,9H2,1H3. The van der Waals surface area contributed by atoms with Gasteiger partial charge < -0.3 is 9.84 Å². The van der Waals surface area contributed by atoms with E-state index in [9.17, 15) is 10.1 Å². The van der Waals surface area contributed by atoms with Crippen LogP contribution in [0.4, 0.5) is 5.69 Å². The van der Waals surface area contributed by atoms with Gasteiger partial charge in [0.1, 0.15) is 17.6 Å². The maximum Gasteiger partial charge on any atom is 0.276 e. The summed E-state index contributed by atoms with van der Waals surface area (Å²) >= 11 is 0. The molecular formula is C15H12N2O4. The summed E-state index contributed by atoms with van der Waals surface area (Å²) in [5, 5.41) is 29.1. The second-order valence-corrected chi connectivity index (χ2v) is 4.36. The van der Waals surface area contributed by atoms with Gasteiger partial charge in [-0.25, -0.2) is 0 Å². The lowest BCUT2D eigenvalue weighted by Gasteiger charge is -2.10. The largest absolute Gasteiger partial charge is 0.455 e. The molecule has 2 aromatic carbocycles. The Morgan fingerprint density at radius 2 is 2.10 bits per heavy atom. The summed E-state index contributed by atoms with van der Waals surface area (Å²) in [6, 6.07) is 11.2. The molecule has 0 saturated carbocycles. The highest BCUT2D eigenvalue weighted by Crippen LogP contribution is 2.32. The third-order valence-electron chi connectivity index (χ3n) is 3.02. The molecule has 106 valence electrons. The first kappa shape index (κ1) is 14.5. The van der Waals surface area contributed by atoms with E-state index in [0.29, 0.717) is 22.6 Å². The van der Waals surface area contributed by atoms with Crippen molar-refractivity contribution in [3.8, 4) is 17.6 Å². The van der Waals surface area contributed by atoms with E-state index in [1.165, 1.54) is 18.2 Å². The lowest BCUT2D eigenvalue weighted by molar-refractivity contribution is -0.385. The van der Waals surface area contributed by atoms with Crippen LogP contribution in [0.25, 0.3) is 0 Å². The van der Waals surface area contributed by atoms with E-state index < -0.39 is 4.92 Å². The second-order valence-electron chi connectivity index (χ2n) is 4.36. The van der Waals surface area contributed by atoms with Gasteiger partial charge in [-0.05, 0) is 30.7 Å². The predicted molar refractivity (Wildman–Crippen MR) is 75.0 cm³/mol. The molecule has 0 heterocycles. The van der Waals surface area contributed by atoms with Crippen LogP contribution in [-0.2, 0) is 6.61 Å². The normalized spacial score (nSPS) is 9.95. The Hall–Kier alpha value is -2.91. The monoisotopic (exact) mass is 284 g/mol. The molecule has 1 N–H and O–H groups in total. The first-order valence-electron chi connectivity index (χ1n) is 6.12. The van der Waals surface area contributed by atoms with Gasteiger partial charge in [-0.15, -0.1) is 0 Å². The van der Waals surface area contributed by atoms with E-state index in [-0.39, 0.29) is 17.9 Å².